The van der Waals surface area contributed by atoms with Gasteiger partial charge in [-0.1, -0.05) is 35.9 Å². The van der Waals surface area contributed by atoms with Crippen LogP contribution in [-0.4, -0.2) is 39.5 Å². The number of halogens is 1. The molecule has 0 radical (unpaired) electrons. The van der Waals surface area contributed by atoms with Crippen molar-refractivity contribution in [2.24, 2.45) is 0 Å². The van der Waals surface area contributed by atoms with Crippen LogP contribution in [0.5, 0.6) is 11.5 Å². The molecule has 2 unspecified atom stereocenters. The average Bonchev–Trinajstić information content (AvgIpc) is 3.21. The van der Waals surface area contributed by atoms with Crippen LogP contribution in [0.15, 0.2) is 48.7 Å². The second-order valence-corrected chi connectivity index (χ2v) is 10.9. The predicted molar refractivity (Wildman–Crippen MR) is 127 cm³/mol. The fourth-order valence-electron chi connectivity index (χ4n) is 5.45. The van der Waals surface area contributed by atoms with Crippen molar-refractivity contribution in [3.8, 4) is 11.5 Å². The SMILES string of the molecule is O=C1Nc2ncc(s2)C(Cc2ccccc2Cl)N2CC[C@@H](O)C23Oc2ccc(cc2O3)C12CC2. The Labute approximate surface area is 205 Å². The smallest absolute Gasteiger partial charge is 0.343 e. The van der Waals surface area contributed by atoms with Gasteiger partial charge in [0.25, 0.3) is 0 Å². The van der Waals surface area contributed by atoms with Gasteiger partial charge in [-0.15, -0.1) is 11.3 Å². The number of amides is 1. The lowest BCUT2D eigenvalue weighted by Gasteiger charge is -2.39. The molecule has 7 nitrogen and oxygen atoms in total. The molecule has 2 N–H and O–H groups in total. The van der Waals surface area contributed by atoms with E-state index < -0.39 is 17.4 Å². The topological polar surface area (TPSA) is 83.9 Å². The van der Waals surface area contributed by atoms with Crippen molar-refractivity contribution in [1.29, 1.82) is 0 Å². The molecule has 34 heavy (non-hydrogen) atoms. The lowest BCUT2D eigenvalue weighted by molar-refractivity contribution is -0.236. The van der Waals surface area contributed by atoms with E-state index >= 15 is 0 Å². The molecule has 174 valence electrons. The van der Waals surface area contributed by atoms with Gasteiger partial charge in [0.2, 0.25) is 5.91 Å². The summed E-state index contributed by atoms with van der Waals surface area (Å²) < 4.78 is 12.9. The minimum Gasteiger partial charge on any atom is -0.433 e. The van der Waals surface area contributed by atoms with Gasteiger partial charge in [-0.25, -0.2) is 9.88 Å². The number of thiazole rings is 1. The zero-order valence-corrected chi connectivity index (χ0v) is 19.7. The number of nitrogens with one attached hydrogen (secondary N) is 1. The molecule has 1 aromatic heterocycles. The van der Waals surface area contributed by atoms with Crippen molar-refractivity contribution in [3.05, 3.63) is 69.7 Å². The van der Waals surface area contributed by atoms with Crippen LogP contribution in [-0.2, 0) is 16.6 Å². The Bertz CT molecular complexity index is 1320. The Morgan fingerprint density at radius 1 is 1.21 bits per heavy atom. The van der Waals surface area contributed by atoms with Gasteiger partial charge in [-0.05, 0) is 55.0 Å². The molecule has 2 spiro atoms. The van der Waals surface area contributed by atoms with Crippen LogP contribution in [0.25, 0.3) is 0 Å². The van der Waals surface area contributed by atoms with Gasteiger partial charge in [-0.3, -0.25) is 4.79 Å². The largest absolute Gasteiger partial charge is 0.433 e. The van der Waals surface area contributed by atoms with Crippen LogP contribution in [0.4, 0.5) is 5.13 Å². The second kappa shape index (κ2) is 7.18. The lowest BCUT2D eigenvalue weighted by Crippen LogP contribution is -2.58. The monoisotopic (exact) mass is 495 g/mol. The quantitative estimate of drug-likeness (QED) is 0.553. The second-order valence-electron chi connectivity index (χ2n) is 9.41. The normalized spacial score (nSPS) is 28.4. The lowest BCUT2D eigenvalue weighted by atomic mass is 9.94. The molecule has 2 fully saturated rings. The number of carbonyl (C=O) groups excluding carboxylic acids is 1. The van der Waals surface area contributed by atoms with Crippen LogP contribution >= 0.6 is 22.9 Å². The molecule has 1 amide bonds. The van der Waals surface area contributed by atoms with E-state index in [2.05, 4.69) is 15.2 Å². The Morgan fingerprint density at radius 2 is 2.03 bits per heavy atom. The first-order chi connectivity index (χ1) is 16.5. The number of aliphatic hydroxyl groups is 1. The Morgan fingerprint density at radius 3 is 2.85 bits per heavy atom. The Hall–Kier alpha value is -2.65. The molecule has 1 saturated carbocycles. The first-order valence-electron chi connectivity index (χ1n) is 11.5. The maximum absolute atomic E-state index is 13.3. The summed E-state index contributed by atoms with van der Waals surface area (Å²) in [5.41, 5.74) is 1.29. The van der Waals surface area contributed by atoms with Gasteiger partial charge in [-0.2, -0.15) is 0 Å². The highest BCUT2D eigenvalue weighted by Crippen LogP contribution is 2.55. The fourth-order valence-corrected chi connectivity index (χ4v) is 6.58. The summed E-state index contributed by atoms with van der Waals surface area (Å²) in [7, 11) is 0. The maximum atomic E-state index is 13.3. The highest BCUT2D eigenvalue weighted by Gasteiger charge is 2.60. The zero-order chi connectivity index (χ0) is 23.1. The fraction of sp³-hybridized carbons (Fsp3) is 0.360. The number of ether oxygens (including phenoxy) is 2. The summed E-state index contributed by atoms with van der Waals surface area (Å²) in [6, 6.07) is 13.2. The van der Waals surface area contributed by atoms with Crippen LogP contribution in [0.3, 0.4) is 0 Å². The summed E-state index contributed by atoms with van der Waals surface area (Å²) in [6.45, 7) is 0.570. The third-order valence-corrected chi connectivity index (χ3v) is 8.86. The van der Waals surface area contributed by atoms with E-state index in [9.17, 15) is 9.90 Å². The number of fused-ring (bicyclic) bond motifs is 4. The molecule has 5 bridgehead atoms. The number of hydrogen-bond donors (Lipinski definition) is 2. The average molecular weight is 496 g/mol. The van der Waals surface area contributed by atoms with Crippen molar-refractivity contribution in [1.82, 2.24) is 9.88 Å². The van der Waals surface area contributed by atoms with Crippen molar-refractivity contribution in [3.63, 3.8) is 0 Å². The van der Waals surface area contributed by atoms with E-state index in [1.807, 2.05) is 42.5 Å². The van der Waals surface area contributed by atoms with Crippen molar-refractivity contribution in [2.75, 3.05) is 11.9 Å². The van der Waals surface area contributed by atoms with Gasteiger partial charge in [0.1, 0.15) is 6.10 Å². The number of aromatic nitrogens is 1. The van der Waals surface area contributed by atoms with Crippen LogP contribution in [0, 0.1) is 0 Å². The number of benzene rings is 2. The molecule has 2 aromatic carbocycles. The van der Waals surface area contributed by atoms with Gasteiger partial charge >= 0.3 is 5.91 Å². The number of anilines is 1. The van der Waals surface area contributed by atoms with Crippen LogP contribution in [0.2, 0.25) is 5.02 Å². The summed E-state index contributed by atoms with van der Waals surface area (Å²) in [6.07, 6.45) is 3.57. The summed E-state index contributed by atoms with van der Waals surface area (Å²) >= 11 is 7.98. The van der Waals surface area contributed by atoms with Crippen LogP contribution < -0.4 is 14.8 Å². The first-order valence-corrected chi connectivity index (χ1v) is 12.7. The van der Waals surface area contributed by atoms with E-state index in [4.69, 9.17) is 21.1 Å². The Balaban J connectivity index is 1.39. The number of carbonyl (C=O) groups is 1. The van der Waals surface area contributed by atoms with Crippen molar-refractivity contribution < 1.29 is 19.4 Å². The molecule has 4 heterocycles. The molecule has 7 rings (SSSR count). The summed E-state index contributed by atoms with van der Waals surface area (Å²) in [5.74, 6) is -0.268. The van der Waals surface area contributed by atoms with E-state index in [1.165, 1.54) is 11.3 Å². The van der Waals surface area contributed by atoms with Gasteiger partial charge < -0.3 is 19.9 Å². The highest BCUT2D eigenvalue weighted by atomic mass is 35.5. The standard InChI is InChI=1S/C25H22ClN3O4S/c26-16-4-2-1-3-14(16)11-17-20-13-27-23(34-20)28-22(31)24(8-9-24)15-5-6-18-19(12-15)33-25(32-18)21(30)7-10-29(17)25/h1-6,12-13,17,21,30H,7-11H2,(H,27,28,31)/t17?,21-,25?/m1/s1. The molecule has 3 aliphatic heterocycles. The summed E-state index contributed by atoms with van der Waals surface area (Å²) in [4.78, 5) is 20.8. The number of rotatable bonds is 2. The van der Waals surface area contributed by atoms with Crippen molar-refractivity contribution >= 4 is 34.0 Å². The molecule has 3 aromatic rings. The number of nitrogens with zero attached hydrogens (tertiary/aromatic N) is 2. The van der Waals surface area contributed by atoms with E-state index in [1.54, 1.807) is 6.20 Å². The summed E-state index contributed by atoms with van der Waals surface area (Å²) in [5, 5.41) is 15.4. The molecule has 1 saturated heterocycles. The zero-order valence-electron chi connectivity index (χ0n) is 18.2. The molecule has 4 aliphatic rings. The van der Waals surface area contributed by atoms with E-state index in [-0.39, 0.29) is 11.9 Å². The minimum atomic E-state index is -1.35. The van der Waals surface area contributed by atoms with E-state index in [0.29, 0.717) is 41.0 Å². The highest BCUT2D eigenvalue weighted by molar-refractivity contribution is 7.15. The third-order valence-electron chi connectivity index (χ3n) is 7.48. The minimum absolute atomic E-state index is 0.0515. The molecular weight excluding hydrogens is 474 g/mol. The molecule has 1 aliphatic carbocycles. The van der Waals surface area contributed by atoms with Crippen molar-refractivity contribution in [2.45, 2.75) is 49.2 Å². The third kappa shape index (κ3) is 2.89. The molecule has 9 heteroatoms. The maximum Gasteiger partial charge on any atom is 0.343 e. The van der Waals surface area contributed by atoms with Gasteiger partial charge in [0.15, 0.2) is 16.6 Å². The number of hydrogen-bond acceptors (Lipinski definition) is 7. The van der Waals surface area contributed by atoms with Crippen LogP contribution in [0.1, 0.15) is 41.3 Å². The molecule has 3 atom stereocenters. The first kappa shape index (κ1) is 20.7. The van der Waals surface area contributed by atoms with E-state index in [0.717, 1.165) is 28.8 Å². The Kier molecular flexibility index (Phi) is 4.37. The van der Waals surface area contributed by atoms with Gasteiger partial charge in [0.05, 0.1) is 11.5 Å². The molecular formula is C25H22ClN3O4S. The predicted octanol–water partition coefficient (Wildman–Crippen LogP) is 4.26. The van der Waals surface area contributed by atoms with Gasteiger partial charge in [0, 0.05) is 22.6 Å². The number of aliphatic hydroxyl groups excluding tert-OH is 1.